The van der Waals surface area contributed by atoms with Gasteiger partial charge in [-0.1, -0.05) is 29.8 Å². The van der Waals surface area contributed by atoms with E-state index in [2.05, 4.69) is 15.0 Å². The van der Waals surface area contributed by atoms with Gasteiger partial charge < -0.3 is 5.32 Å². The third-order valence-corrected chi connectivity index (χ3v) is 5.81. The van der Waals surface area contributed by atoms with Crippen LogP contribution >= 0.6 is 11.6 Å². The lowest BCUT2D eigenvalue weighted by atomic mass is 10.2. The molecule has 5 nitrogen and oxygen atoms in total. The van der Waals surface area contributed by atoms with Gasteiger partial charge in [-0.3, -0.25) is 9.71 Å². The molecule has 0 aliphatic carbocycles. The quantitative estimate of drug-likeness (QED) is 0.461. The SMILES string of the molecule is O=S(=O)(Nc1ccccc1)c1ccc(Nc2ccnc3cc(Cl)ccc23)cc1. The van der Waals surface area contributed by atoms with Crippen LogP contribution < -0.4 is 10.0 Å². The van der Waals surface area contributed by atoms with Gasteiger partial charge >= 0.3 is 0 Å². The Labute approximate surface area is 168 Å². The number of pyridine rings is 1. The highest BCUT2D eigenvalue weighted by molar-refractivity contribution is 7.92. The Morgan fingerprint density at radius 2 is 1.57 bits per heavy atom. The van der Waals surface area contributed by atoms with Gasteiger partial charge in [-0.2, -0.15) is 0 Å². The van der Waals surface area contributed by atoms with E-state index in [0.717, 1.165) is 22.3 Å². The van der Waals surface area contributed by atoms with Crippen molar-refractivity contribution in [3.8, 4) is 0 Å². The second-order valence-electron chi connectivity index (χ2n) is 6.14. The molecule has 0 spiro atoms. The first-order valence-electron chi connectivity index (χ1n) is 8.50. The molecule has 0 unspecified atom stereocenters. The topological polar surface area (TPSA) is 71.1 Å². The molecular weight excluding hydrogens is 394 g/mol. The van der Waals surface area contributed by atoms with Crippen LogP contribution in [0.5, 0.6) is 0 Å². The van der Waals surface area contributed by atoms with Crippen LogP contribution in [0.3, 0.4) is 0 Å². The normalized spacial score (nSPS) is 11.3. The zero-order chi connectivity index (χ0) is 19.6. The van der Waals surface area contributed by atoms with Crippen molar-refractivity contribution in [1.82, 2.24) is 4.98 Å². The van der Waals surface area contributed by atoms with Crippen molar-refractivity contribution >= 4 is 49.6 Å². The molecular formula is C21H16ClN3O2S. The van der Waals surface area contributed by atoms with Crippen LogP contribution in [0.15, 0.2) is 90.0 Å². The van der Waals surface area contributed by atoms with Crippen molar-refractivity contribution in [2.24, 2.45) is 0 Å². The van der Waals surface area contributed by atoms with E-state index in [4.69, 9.17) is 11.6 Å². The summed E-state index contributed by atoms with van der Waals surface area (Å²) < 4.78 is 27.6. The van der Waals surface area contributed by atoms with Crippen molar-refractivity contribution in [2.75, 3.05) is 10.0 Å². The number of sulfonamides is 1. The number of nitrogens with one attached hydrogen (secondary N) is 2. The first-order chi connectivity index (χ1) is 13.5. The minimum Gasteiger partial charge on any atom is -0.355 e. The summed E-state index contributed by atoms with van der Waals surface area (Å²) in [6.45, 7) is 0. The van der Waals surface area contributed by atoms with Crippen LogP contribution in [-0.2, 0) is 10.0 Å². The van der Waals surface area contributed by atoms with Gasteiger partial charge in [0.2, 0.25) is 0 Å². The zero-order valence-corrected chi connectivity index (χ0v) is 16.2. The van der Waals surface area contributed by atoms with E-state index in [9.17, 15) is 8.42 Å². The third-order valence-electron chi connectivity index (χ3n) is 4.17. The number of anilines is 3. The van der Waals surface area contributed by atoms with Crippen molar-refractivity contribution < 1.29 is 8.42 Å². The number of hydrogen-bond donors (Lipinski definition) is 2. The first kappa shape index (κ1) is 18.3. The van der Waals surface area contributed by atoms with Gasteiger partial charge in [0.05, 0.1) is 10.4 Å². The highest BCUT2D eigenvalue weighted by atomic mass is 35.5. The van der Waals surface area contributed by atoms with Crippen molar-refractivity contribution in [3.63, 3.8) is 0 Å². The average molecular weight is 410 g/mol. The lowest BCUT2D eigenvalue weighted by Crippen LogP contribution is -2.12. The summed E-state index contributed by atoms with van der Waals surface area (Å²) in [5, 5.41) is 4.84. The molecule has 4 rings (SSSR count). The Morgan fingerprint density at radius 3 is 2.32 bits per heavy atom. The fourth-order valence-corrected chi connectivity index (χ4v) is 4.05. The monoisotopic (exact) mass is 409 g/mol. The highest BCUT2D eigenvalue weighted by Gasteiger charge is 2.14. The summed E-state index contributed by atoms with van der Waals surface area (Å²) in [5.41, 5.74) is 2.93. The Hall–Kier alpha value is -3.09. The second kappa shape index (κ2) is 7.50. The van der Waals surface area contributed by atoms with E-state index < -0.39 is 10.0 Å². The lowest BCUT2D eigenvalue weighted by molar-refractivity contribution is 0.601. The van der Waals surface area contributed by atoms with Crippen LogP contribution in [0.2, 0.25) is 5.02 Å². The number of halogens is 1. The van der Waals surface area contributed by atoms with Crippen LogP contribution in [0.4, 0.5) is 17.1 Å². The Bertz CT molecular complexity index is 1230. The molecule has 0 atom stereocenters. The van der Waals surface area contributed by atoms with Crippen molar-refractivity contribution in [3.05, 3.63) is 90.1 Å². The minimum absolute atomic E-state index is 0.188. The van der Waals surface area contributed by atoms with Crippen molar-refractivity contribution in [1.29, 1.82) is 0 Å². The number of fused-ring (bicyclic) bond motifs is 1. The molecule has 1 heterocycles. The molecule has 0 aliphatic rings. The van der Waals surface area contributed by atoms with E-state index in [1.165, 1.54) is 0 Å². The number of nitrogens with zero attached hydrogens (tertiary/aromatic N) is 1. The van der Waals surface area contributed by atoms with E-state index in [1.54, 1.807) is 60.8 Å². The van der Waals surface area contributed by atoms with Gasteiger partial charge in [-0.25, -0.2) is 8.42 Å². The third kappa shape index (κ3) is 3.93. The van der Waals surface area contributed by atoms with Gasteiger partial charge in [0.25, 0.3) is 10.0 Å². The van der Waals surface area contributed by atoms with E-state index in [-0.39, 0.29) is 4.90 Å². The van der Waals surface area contributed by atoms with E-state index in [1.807, 2.05) is 24.3 Å². The van der Waals surface area contributed by atoms with Crippen LogP contribution in [0, 0.1) is 0 Å². The zero-order valence-electron chi connectivity index (χ0n) is 14.6. The molecule has 28 heavy (non-hydrogen) atoms. The summed E-state index contributed by atoms with van der Waals surface area (Å²) in [6, 6.07) is 22.7. The maximum atomic E-state index is 12.5. The first-order valence-corrected chi connectivity index (χ1v) is 10.4. The van der Waals surface area contributed by atoms with Gasteiger partial charge in [-0.05, 0) is 60.7 Å². The van der Waals surface area contributed by atoms with Gasteiger partial charge in [0, 0.05) is 33.7 Å². The van der Waals surface area contributed by atoms with Gasteiger partial charge in [0.1, 0.15) is 0 Å². The summed E-state index contributed by atoms with van der Waals surface area (Å²) in [4.78, 5) is 4.51. The standard InChI is InChI=1S/C21H16ClN3O2S/c22-15-6-11-19-20(12-13-23-21(19)14-15)24-16-7-9-18(10-8-16)28(26,27)25-17-4-2-1-3-5-17/h1-14,25H,(H,23,24). The number of aromatic nitrogens is 1. The molecule has 0 saturated heterocycles. The van der Waals surface area contributed by atoms with Gasteiger partial charge in [0.15, 0.2) is 0 Å². The molecule has 2 N–H and O–H groups in total. The fourth-order valence-electron chi connectivity index (χ4n) is 2.82. The summed E-state index contributed by atoms with van der Waals surface area (Å²) in [5.74, 6) is 0. The predicted octanol–water partition coefficient (Wildman–Crippen LogP) is 5.43. The molecule has 3 aromatic carbocycles. The maximum Gasteiger partial charge on any atom is 0.261 e. The molecule has 0 bridgehead atoms. The Morgan fingerprint density at radius 1 is 0.821 bits per heavy atom. The fraction of sp³-hybridized carbons (Fsp3) is 0. The number of benzene rings is 3. The molecule has 140 valence electrons. The highest BCUT2D eigenvalue weighted by Crippen LogP contribution is 2.27. The van der Waals surface area contributed by atoms with Crippen LogP contribution in [0.1, 0.15) is 0 Å². The molecule has 0 saturated carbocycles. The maximum absolute atomic E-state index is 12.5. The predicted molar refractivity (Wildman–Crippen MR) is 114 cm³/mol. The average Bonchev–Trinajstić information content (AvgIpc) is 2.69. The summed E-state index contributed by atoms with van der Waals surface area (Å²) in [7, 11) is -3.64. The number of hydrogen-bond acceptors (Lipinski definition) is 4. The molecule has 7 heteroatoms. The smallest absolute Gasteiger partial charge is 0.261 e. The number of rotatable bonds is 5. The Kier molecular flexibility index (Phi) is 4.90. The molecule has 0 radical (unpaired) electrons. The summed E-state index contributed by atoms with van der Waals surface area (Å²) in [6.07, 6.45) is 1.70. The largest absolute Gasteiger partial charge is 0.355 e. The van der Waals surface area contributed by atoms with Crippen molar-refractivity contribution in [2.45, 2.75) is 4.90 Å². The summed E-state index contributed by atoms with van der Waals surface area (Å²) >= 11 is 6.03. The number of para-hydroxylation sites is 1. The Balaban J connectivity index is 1.57. The lowest BCUT2D eigenvalue weighted by Gasteiger charge is -2.11. The molecule has 0 amide bonds. The molecule has 0 aliphatic heterocycles. The van der Waals surface area contributed by atoms with E-state index >= 15 is 0 Å². The van der Waals surface area contributed by atoms with Crippen LogP contribution in [-0.4, -0.2) is 13.4 Å². The molecule has 1 aromatic heterocycles. The van der Waals surface area contributed by atoms with Gasteiger partial charge in [-0.15, -0.1) is 0 Å². The molecule has 0 fully saturated rings. The minimum atomic E-state index is -3.64. The molecule has 4 aromatic rings. The van der Waals surface area contributed by atoms with Crippen LogP contribution in [0.25, 0.3) is 10.9 Å². The van der Waals surface area contributed by atoms with E-state index in [0.29, 0.717) is 10.7 Å². The second-order valence-corrected chi connectivity index (χ2v) is 8.26.